The van der Waals surface area contributed by atoms with Crippen LogP contribution in [-0.2, 0) is 28.4 Å². The summed E-state index contributed by atoms with van der Waals surface area (Å²) in [5.74, 6) is -0.199. The Hall–Kier alpha value is -2.15. The number of methoxy groups -OCH3 is 3. The normalized spacial score (nSPS) is 13.4. The summed E-state index contributed by atoms with van der Waals surface area (Å²) in [6.07, 6.45) is 0. The van der Waals surface area contributed by atoms with Crippen LogP contribution < -0.4 is 14.2 Å². The molecule has 0 spiro atoms. The Morgan fingerprint density at radius 2 is 0.706 bits per heavy atom. The maximum atomic E-state index is 12.3. The first-order valence-corrected chi connectivity index (χ1v) is 17.9. The molecule has 51 heavy (non-hydrogen) atoms. The highest BCUT2D eigenvalue weighted by molar-refractivity contribution is 5.89. The molecule has 1 aromatic rings. The van der Waals surface area contributed by atoms with Gasteiger partial charge in [0.2, 0.25) is 5.75 Å². The highest BCUT2D eigenvalue weighted by Gasteiger charge is 2.30. The summed E-state index contributed by atoms with van der Waals surface area (Å²) in [5.41, 5.74) is -1.58. The fourth-order valence-corrected chi connectivity index (χ4v) is 5.10. The third-order valence-electron chi connectivity index (χ3n) is 7.67. The molecule has 11 nitrogen and oxygen atoms in total. The lowest BCUT2D eigenvalue weighted by Gasteiger charge is -2.31. The van der Waals surface area contributed by atoms with Gasteiger partial charge < -0.3 is 47.7 Å². The van der Waals surface area contributed by atoms with E-state index >= 15 is 0 Å². The van der Waals surface area contributed by atoms with Crippen LogP contribution in [-0.4, -0.2) is 112 Å². The van der Waals surface area contributed by atoms with E-state index in [1.54, 1.807) is 21.3 Å². The molecule has 0 aliphatic heterocycles. The first kappa shape index (κ1) is 46.9. The second-order valence-corrected chi connectivity index (χ2v) is 18.7. The molecular formula is C40H72O11. The molecule has 1 rings (SSSR count). The lowest BCUT2D eigenvalue weighted by atomic mass is 9.94. The van der Waals surface area contributed by atoms with Crippen LogP contribution in [0.3, 0.4) is 0 Å². The molecule has 1 aromatic carbocycles. The maximum Gasteiger partial charge on any atom is 0.335 e. The first-order valence-electron chi connectivity index (χ1n) is 17.9. The molecule has 0 aromatic heterocycles. The molecule has 0 aliphatic carbocycles. The van der Waals surface area contributed by atoms with Gasteiger partial charge in [0.15, 0.2) is 11.5 Å². The van der Waals surface area contributed by atoms with E-state index < -0.39 is 22.2 Å². The summed E-state index contributed by atoms with van der Waals surface area (Å²) in [4.78, 5) is 12.3. The largest absolute Gasteiger partial charge is 0.489 e. The van der Waals surface area contributed by atoms with Gasteiger partial charge in [-0.25, -0.2) is 4.79 Å². The van der Waals surface area contributed by atoms with Crippen molar-refractivity contribution in [1.29, 1.82) is 0 Å². The van der Waals surface area contributed by atoms with Gasteiger partial charge in [-0.2, -0.15) is 0 Å². The fraction of sp³-hybridized carbons (Fsp3) is 0.825. The van der Waals surface area contributed by atoms with E-state index in [4.69, 9.17) is 42.6 Å². The van der Waals surface area contributed by atoms with Crippen molar-refractivity contribution in [3.63, 3.8) is 0 Å². The zero-order chi connectivity index (χ0) is 39.2. The number of benzene rings is 1. The third-order valence-corrected chi connectivity index (χ3v) is 7.67. The van der Waals surface area contributed by atoms with Crippen molar-refractivity contribution in [1.82, 2.24) is 0 Å². The minimum atomic E-state index is -1.10. The second kappa shape index (κ2) is 20.3. The molecule has 0 saturated carbocycles. The molecule has 11 heteroatoms. The van der Waals surface area contributed by atoms with Crippen molar-refractivity contribution in [2.45, 2.75) is 83.1 Å². The van der Waals surface area contributed by atoms with Gasteiger partial charge >= 0.3 is 5.97 Å². The summed E-state index contributed by atoms with van der Waals surface area (Å²) in [6, 6.07) is 2.98. The molecule has 0 bridgehead atoms. The quantitative estimate of drug-likeness (QED) is 0.0916. The maximum absolute atomic E-state index is 12.3. The Labute approximate surface area is 309 Å². The lowest BCUT2D eigenvalue weighted by molar-refractivity contribution is -0.0287. The SMILES string of the molecule is COCC(C)(C)COCC(C)(C)COc1cc(C(=O)O)cc(OCC(C)(C)COCC(C)(C)COC)c1OCC(C)(C)COCC(C)(C)COC. The van der Waals surface area contributed by atoms with Crippen molar-refractivity contribution >= 4 is 5.97 Å². The standard InChI is InChI=1S/C40H72O11/c1-35(2,18-43-13)21-46-24-38(7,8)27-49-31-16-30(34(41)42)17-32(50-28-39(9,10)25-47-22-36(3,4)19-44-14)33(31)51-29-40(11,12)26-48-23-37(5,6)20-45-15/h16-17H,18-29H2,1-15H3,(H,41,42). The highest BCUT2D eigenvalue weighted by Crippen LogP contribution is 2.41. The molecule has 0 amide bonds. The summed E-state index contributed by atoms with van der Waals surface area (Å²) in [5, 5.41) is 10.1. The van der Waals surface area contributed by atoms with Crippen molar-refractivity contribution in [3.05, 3.63) is 17.7 Å². The van der Waals surface area contributed by atoms with Crippen molar-refractivity contribution in [3.8, 4) is 17.2 Å². The van der Waals surface area contributed by atoms with Crippen LogP contribution in [0, 0.1) is 32.5 Å². The van der Waals surface area contributed by atoms with Crippen LogP contribution in [0.2, 0.25) is 0 Å². The van der Waals surface area contributed by atoms with Crippen molar-refractivity contribution in [2.24, 2.45) is 32.5 Å². The van der Waals surface area contributed by atoms with E-state index in [9.17, 15) is 9.90 Å². The van der Waals surface area contributed by atoms with Crippen LogP contribution in [0.25, 0.3) is 0 Å². The Morgan fingerprint density at radius 1 is 0.451 bits per heavy atom. The predicted molar refractivity (Wildman–Crippen MR) is 201 cm³/mol. The predicted octanol–water partition coefficient (Wildman–Crippen LogP) is 7.67. The first-order chi connectivity index (χ1) is 23.4. The Kier molecular flexibility index (Phi) is 18.7. The van der Waals surface area contributed by atoms with Gasteiger partial charge in [-0.05, 0) is 12.1 Å². The molecule has 298 valence electrons. The van der Waals surface area contributed by atoms with Crippen LogP contribution in [0.5, 0.6) is 17.2 Å². The lowest BCUT2D eigenvalue weighted by Crippen LogP contribution is -2.33. The molecule has 0 atom stereocenters. The van der Waals surface area contributed by atoms with E-state index in [-0.39, 0.29) is 53.1 Å². The molecule has 0 saturated heterocycles. The average Bonchev–Trinajstić information content (AvgIpc) is 2.97. The molecule has 0 unspecified atom stereocenters. The van der Waals surface area contributed by atoms with Gasteiger partial charge in [-0.3, -0.25) is 0 Å². The van der Waals surface area contributed by atoms with E-state index in [2.05, 4.69) is 55.4 Å². The number of carbonyl (C=O) groups is 1. The third kappa shape index (κ3) is 19.5. The van der Waals surface area contributed by atoms with Gasteiger partial charge in [-0.1, -0.05) is 83.1 Å². The molecule has 1 N–H and O–H groups in total. The van der Waals surface area contributed by atoms with Crippen LogP contribution in [0.15, 0.2) is 12.1 Å². The van der Waals surface area contributed by atoms with E-state index in [0.29, 0.717) is 65.2 Å². The molecule has 0 aliphatic rings. The van der Waals surface area contributed by atoms with Gasteiger partial charge in [0.25, 0.3) is 0 Å². The van der Waals surface area contributed by atoms with Crippen molar-refractivity contribution in [2.75, 3.05) is 101 Å². The summed E-state index contributed by atoms with van der Waals surface area (Å²) < 4.78 is 53.5. The number of ether oxygens (including phenoxy) is 9. The number of hydrogen-bond acceptors (Lipinski definition) is 10. The summed E-state index contributed by atoms with van der Waals surface area (Å²) >= 11 is 0. The number of carboxylic acid groups (broad SMARTS) is 1. The number of aromatic carboxylic acids is 1. The highest BCUT2D eigenvalue weighted by atomic mass is 16.6. The Bertz CT molecular complexity index is 1110. The number of hydrogen-bond donors (Lipinski definition) is 1. The Balaban J connectivity index is 3.32. The van der Waals surface area contributed by atoms with Gasteiger partial charge in [0.1, 0.15) is 0 Å². The average molecular weight is 729 g/mol. The van der Waals surface area contributed by atoms with Gasteiger partial charge in [0.05, 0.1) is 84.8 Å². The number of rotatable bonds is 28. The van der Waals surface area contributed by atoms with Crippen molar-refractivity contribution < 1.29 is 52.5 Å². The van der Waals surface area contributed by atoms with Crippen LogP contribution >= 0.6 is 0 Å². The minimum Gasteiger partial charge on any atom is -0.489 e. The van der Waals surface area contributed by atoms with Crippen LogP contribution in [0.4, 0.5) is 0 Å². The zero-order valence-electron chi connectivity index (χ0n) is 34.7. The van der Waals surface area contributed by atoms with E-state index in [1.807, 2.05) is 27.7 Å². The summed E-state index contributed by atoms with van der Waals surface area (Å²) in [7, 11) is 5.05. The second-order valence-electron chi connectivity index (χ2n) is 18.7. The topological polar surface area (TPSA) is 120 Å². The molecule has 0 heterocycles. The zero-order valence-corrected chi connectivity index (χ0v) is 34.7. The minimum absolute atomic E-state index is 0.0288. The smallest absolute Gasteiger partial charge is 0.335 e. The van der Waals surface area contributed by atoms with Crippen LogP contribution in [0.1, 0.15) is 93.4 Å². The molecular weight excluding hydrogens is 656 g/mol. The summed E-state index contributed by atoms with van der Waals surface area (Å²) in [6.45, 7) is 30.2. The van der Waals surface area contributed by atoms with Gasteiger partial charge in [0, 0.05) is 53.8 Å². The fourth-order valence-electron chi connectivity index (χ4n) is 5.10. The van der Waals surface area contributed by atoms with Gasteiger partial charge in [-0.15, -0.1) is 0 Å². The monoisotopic (exact) mass is 729 g/mol. The van der Waals surface area contributed by atoms with E-state index in [1.165, 1.54) is 12.1 Å². The molecule has 0 fully saturated rings. The van der Waals surface area contributed by atoms with E-state index in [0.717, 1.165) is 0 Å². The number of carboxylic acids is 1. The Morgan fingerprint density at radius 3 is 0.961 bits per heavy atom. The molecule has 0 radical (unpaired) electrons.